The molecule has 1 aromatic rings. The third-order valence-electron chi connectivity index (χ3n) is 3.87. The Morgan fingerprint density at radius 3 is 2.43 bits per heavy atom. The fraction of sp³-hybridized carbons (Fsp3) is 0.562. The number of amides is 1. The largest absolute Gasteiger partial charge is 0.416 e. The zero-order chi connectivity index (χ0) is 16.9. The Bertz CT molecular complexity index is 513. The summed E-state index contributed by atoms with van der Waals surface area (Å²) in [5.74, 6) is 0.192. The van der Waals surface area contributed by atoms with Crippen LogP contribution in [-0.4, -0.2) is 28.6 Å². The van der Waals surface area contributed by atoms with Crippen molar-refractivity contribution in [1.29, 1.82) is 0 Å². The third-order valence-corrected chi connectivity index (χ3v) is 5.24. The van der Waals surface area contributed by atoms with Crippen molar-refractivity contribution in [3.8, 4) is 0 Å². The number of carbonyl (C=O) groups is 1. The van der Waals surface area contributed by atoms with Gasteiger partial charge in [0.05, 0.1) is 17.4 Å². The van der Waals surface area contributed by atoms with E-state index < -0.39 is 17.8 Å². The monoisotopic (exact) mass is 347 g/mol. The minimum absolute atomic E-state index is 0.00454. The Balaban J connectivity index is 1.75. The molecule has 0 aliphatic heterocycles. The molecule has 0 radical (unpaired) electrons. The fourth-order valence-corrected chi connectivity index (χ4v) is 3.68. The smallest absolute Gasteiger partial charge is 0.387 e. The van der Waals surface area contributed by atoms with E-state index >= 15 is 0 Å². The molecule has 0 spiro atoms. The number of aliphatic hydroxyl groups excluding tert-OH is 1. The summed E-state index contributed by atoms with van der Waals surface area (Å²) >= 11 is 1.63. The van der Waals surface area contributed by atoms with Gasteiger partial charge in [-0.2, -0.15) is 13.2 Å². The van der Waals surface area contributed by atoms with Crippen LogP contribution < -0.4 is 5.32 Å². The van der Waals surface area contributed by atoms with E-state index in [1.165, 1.54) is 25.0 Å². The molecule has 2 N–H and O–H groups in total. The SMILES string of the molecule is O=C(CSC1CCCC1)NC[C@H](O)c1ccc(C(F)(F)F)cc1. The summed E-state index contributed by atoms with van der Waals surface area (Å²) in [7, 11) is 0. The number of hydrogen-bond acceptors (Lipinski definition) is 3. The lowest BCUT2D eigenvalue weighted by molar-refractivity contribution is -0.137. The van der Waals surface area contributed by atoms with E-state index in [0.717, 1.165) is 25.0 Å². The van der Waals surface area contributed by atoms with E-state index in [1.807, 2.05) is 0 Å². The summed E-state index contributed by atoms with van der Waals surface area (Å²) in [6.07, 6.45) is -0.691. The van der Waals surface area contributed by atoms with Crippen molar-refractivity contribution in [2.24, 2.45) is 0 Å². The number of alkyl halides is 3. The van der Waals surface area contributed by atoms with Crippen molar-refractivity contribution < 1.29 is 23.1 Å². The zero-order valence-electron chi connectivity index (χ0n) is 12.6. The van der Waals surface area contributed by atoms with Crippen molar-refractivity contribution in [3.63, 3.8) is 0 Å². The van der Waals surface area contributed by atoms with Crippen LogP contribution in [0.1, 0.15) is 42.9 Å². The average Bonchev–Trinajstić information content (AvgIpc) is 3.03. The van der Waals surface area contributed by atoms with Crippen molar-refractivity contribution >= 4 is 17.7 Å². The molecule has 0 unspecified atom stereocenters. The van der Waals surface area contributed by atoms with Crippen molar-refractivity contribution in [3.05, 3.63) is 35.4 Å². The Morgan fingerprint density at radius 1 is 1.26 bits per heavy atom. The summed E-state index contributed by atoms with van der Waals surface area (Å²) in [5.41, 5.74) is -0.410. The molecule has 1 fully saturated rings. The molecule has 1 aliphatic carbocycles. The van der Waals surface area contributed by atoms with Crippen LogP contribution in [0.25, 0.3) is 0 Å². The first-order chi connectivity index (χ1) is 10.9. The van der Waals surface area contributed by atoms with Gasteiger partial charge in [0.2, 0.25) is 5.91 Å². The maximum absolute atomic E-state index is 12.5. The Hall–Kier alpha value is -1.21. The first kappa shape index (κ1) is 18.1. The molecule has 23 heavy (non-hydrogen) atoms. The van der Waals surface area contributed by atoms with E-state index in [0.29, 0.717) is 16.6 Å². The summed E-state index contributed by atoms with van der Waals surface area (Å²) in [6.45, 7) is -0.00454. The molecule has 128 valence electrons. The minimum Gasteiger partial charge on any atom is -0.387 e. The predicted octanol–water partition coefficient (Wildman–Crippen LogP) is 3.53. The van der Waals surface area contributed by atoms with E-state index in [9.17, 15) is 23.1 Å². The van der Waals surface area contributed by atoms with Crippen LogP contribution >= 0.6 is 11.8 Å². The van der Waals surface area contributed by atoms with Gasteiger partial charge >= 0.3 is 6.18 Å². The second-order valence-corrected chi connectivity index (χ2v) is 6.95. The number of thioether (sulfide) groups is 1. The van der Waals surface area contributed by atoms with Gasteiger partial charge in [-0.05, 0) is 30.5 Å². The van der Waals surface area contributed by atoms with E-state index in [4.69, 9.17) is 0 Å². The molecule has 2 rings (SSSR count). The van der Waals surface area contributed by atoms with Crippen LogP contribution in [0.3, 0.4) is 0 Å². The lowest BCUT2D eigenvalue weighted by atomic mass is 10.1. The van der Waals surface area contributed by atoms with Crippen LogP contribution in [-0.2, 0) is 11.0 Å². The number of carbonyl (C=O) groups excluding carboxylic acids is 1. The molecular formula is C16H20F3NO2S. The van der Waals surface area contributed by atoms with Crippen LogP contribution in [0.15, 0.2) is 24.3 Å². The highest BCUT2D eigenvalue weighted by Crippen LogP contribution is 2.30. The Labute approximate surface area is 137 Å². The van der Waals surface area contributed by atoms with Crippen LogP contribution in [0.5, 0.6) is 0 Å². The Kier molecular flexibility index (Phi) is 6.35. The molecule has 0 heterocycles. The normalized spacial score (nSPS) is 17.2. The van der Waals surface area contributed by atoms with Crippen LogP contribution in [0.4, 0.5) is 13.2 Å². The number of aliphatic hydroxyl groups is 1. The van der Waals surface area contributed by atoms with Gasteiger partial charge in [0.15, 0.2) is 0 Å². The molecule has 1 aromatic carbocycles. The highest BCUT2D eigenvalue weighted by molar-refractivity contribution is 8.00. The van der Waals surface area contributed by atoms with Gasteiger partial charge in [0.25, 0.3) is 0 Å². The molecular weight excluding hydrogens is 327 g/mol. The maximum Gasteiger partial charge on any atom is 0.416 e. The van der Waals surface area contributed by atoms with E-state index in [1.54, 1.807) is 11.8 Å². The highest BCUT2D eigenvalue weighted by Gasteiger charge is 2.30. The minimum atomic E-state index is -4.39. The van der Waals surface area contributed by atoms with Gasteiger partial charge in [0.1, 0.15) is 0 Å². The predicted molar refractivity (Wildman–Crippen MR) is 84.1 cm³/mol. The number of benzene rings is 1. The molecule has 0 bridgehead atoms. The fourth-order valence-electron chi connectivity index (χ4n) is 2.52. The number of halogens is 3. The zero-order valence-corrected chi connectivity index (χ0v) is 13.4. The first-order valence-electron chi connectivity index (χ1n) is 7.60. The second-order valence-electron chi connectivity index (χ2n) is 5.66. The maximum atomic E-state index is 12.5. The van der Waals surface area contributed by atoms with Gasteiger partial charge in [0, 0.05) is 11.8 Å². The molecule has 1 atom stereocenters. The lowest BCUT2D eigenvalue weighted by Gasteiger charge is -2.14. The van der Waals surface area contributed by atoms with Crippen LogP contribution in [0.2, 0.25) is 0 Å². The molecule has 3 nitrogen and oxygen atoms in total. The molecule has 1 amide bonds. The standard InChI is InChI=1S/C16H20F3NO2S/c17-16(18,19)12-7-5-11(6-8-12)14(21)9-20-15(22)10-23-13-3-1-2-4-13/h5-8,13-14,21H,1-4,9-10H2,(H,20,22)/t14-/m0/s1. The Morgan fingerprint density at radius 2 is 1.87 bits per heavy atom. The molecule has 0 aromatic heterocycles. The van der Waals surface area contributed by atoms with Gasteiger partial charge in [-0.1, -0.05) is 25.0 Å². The molecule has 0 saturated heterocycles. The average molecular weight is 347 g/mol. The topological polar surface area (TPSA) is 49.3 Å². The molecule has 1 aliphatic rings. The number of hydrogen-bond donors (Lipinski definition) is 2. The van der Waals surface area contributed by atoms with E-state index in [-0.39, 0.29) is 12.5 Å². The van der Waals surface area contributed by atoms with Gasteiger partial charge in [-0.3, -0.25) is 4.79 Å². The summed E-state index contributed by atoms with van der Waals surface area (Å²) < 4.78 is 37.4. The van der Waals surface area contributed by atoms with Crippen molar-refractivity contribution in [1.82, 2.24) is 5.32 Å². The quantitative estimate of drug-likeness (QED) is 0.828. The van der Waals surface area contributed by atoms with Gasteiger partial charge in [-0.15, -0.1) is 11.8 Å². The summed E-state index contributed by atoms with van der Waals surface area (Å²) in [6, 6.07) is 4.31. The molecule has 1 saturated carbocycles. The van der Waals surface area contributed by atoms with Gasteiger partial charge < -0.3 is 10.4 Å². The van der Waals surface area contributed by atoms with Gasteiger partial charge in [-0.25, -0.2) is 0 Å². The third kappa shape index (κ3) is 5.73. The van der Waals surface area contributed by atoms with Crippen molar-refractivity contribution in [2.45, 2.75) is 43.2 Å². The second kappa shape index (κ2) is 8.06. The lowest BCUT2D eigenvalue weighted by Crippen LogP contribution is -2.30. The van der Waals surface area contributed by atoms with Crippen LogP contribution in [0, 0.1) is 0 Å². The number of rotatable bonds is 6. The van der Waals surface area contributed by atoms with E-state index in [2.05, 4.69) is 5.32 Å². The first-order valence-corrected chi connectivity index (χ1v) is 8.64. The summed E-state index contributed by atoms with van der Waals surface area (Å²) in [5, 5.41) is 13.1. The summed E-state index contributed by atoms with van der Waals surface area (Å²) in [4.78, 5) is 11.7. The number of nitrogens with one attached hydrogen (secondary N) is 1. The van der Waals surface area contributed by atoms with Crippen molar-refractivity contribution in [2.75, 3.05) is 12.3 Å². The highest BCUT2D eigenvalue weighted by atomic mass is 32.2. The molecule has 7 heteroatoms.